The normalized spacial score (nSPS) is 10.2. The number of amides is 1. The fraction of sp³-hybridized carbons (Fsp3) is 0.0667. The molecule has 0 saturated heterocycles. The molecule has 2 aromatic carbocycles. The highest BCUT2D eigenvalue weighted by Gasteiger charge is 2.14. The van der Waals surface area contributed by atoms with Gasteiger partial charge < -0.3 is 16.2 Å². The minimum atomic E-state index is -1.13. The van der Waals surface area contributed by atoms with E-state index in [4.69, 9.17) is 10.8 Å². The Labute approximate surface area is 129 Å². The van der Waals surface area contributed by atoms with Gasteiger partial charge in [0, 0.05) is 15.7 Å². The third-order valence-corrected chi connectivity index (χ3v) is 3.81. The molecular formula is C15H13BrN2O3. The number of carboxylic acid groups (broad SMARTS) is 1. The quantitative estimate of drug-likeness (QED) is 0.742. The van der Waals surface area contributed by atoms with E-state index in [0.29, 0.717) is 11.3 Å². The van der Waals surface area contributed by atoms with Gasteiger partial charge in [-0.05, 0) is 42.8 Å². The van der Waals surface area contributed by atoms with Gasteiger partial charge in [-0.25, -0.2) is 4.79 Å². The van der Waals surface area contributed by atoms with Crippen molar-refractivity contribution < 1.29 is 14.7 Å². The molecule has 0 aromatic heterocycles. The molecule has 0 aliphatic rings. The zero-order valence-corrected chi connectivity index (χ0v) is 12.8. The van der Waals surface area contributed by atoms with Gasteiger partial charge in [-0.3, -0.25) is 4.79 Å². The molecule has 0 aliphatic carbocycles. The lowest BCUT2D eigenvalue weighted by atomic mass is 10.1. The number of hydrogen-bond acceptors (Lipinski definition) is 3. The van der Waals surface area contributed by atoms with Crippen LogP contribution < -0.4 is 11.1 Å². The predicted molar refractivity (Wildman–Crippen MR) is 84.6 cm³/mol. The Morgan fingerprint density at radius 3 is 2.52 bits per heavy atom. The van der Waals surface area contributed by atoms with E-state index in [2.05, 4.69) is 21.2 Å². The van der Waals surface area contributed by atoms with Gasteiger partial charge in [-0.15, -0.1) is 0 Å². The second-order valence-electron chi connectivity index (χ2n) is 4.53. The van der Waals surface area contributed by atoms with E-state index < -0.39 is 11.9 Å². The first kappa shape index (κ1) is 15.1. The van der Waals surface area contributed by atoms with E-state index >= 15 is 0 Å². The summed E-state index contributed by atoms with van der Waals surface area (Å²) in [5.41, 5.74) is 7.59. The zero-order valence-electron chi connectivity index (χ0n) is 11.2. The first-order valence-corrected chi connectivity index (χ1v) is 6.88. The lowest BCUT2D eigenvalue weighted by Crippen LogP contribution is -2.15. The molecule has 0 spiro atoms. The summed E-state index contributed by atoms with van der Waals surface area (Å²) in [4.78, 5) is 23.3. The Balaban J connectivity index is 2.33. The molecule has 0 bridgehead atoms. The van der Waals surface area contributed by atoms with E-state index in [1.54, 1.807) is 18.2 Å². The highest BCUT2D eigenvalue weighted by atomic mass is 79.9. The van der Waals surface area contributed by atoms with Gasteiger partial charge in [0.25, 0.3) is 5.91 Å². The number of carboxylic acids is 1. The fourth-order valence-corrected chi connectivity index (χ4v) is 2.16. The number of carbonyl (C=O) groups is 2. The van der Waals surface area contributed by atoms with Crippen LogP contribution in [-0.4, -0.2) is 17.0 Å². The molecule has 6 heteroatoms. The summed E-state index contributed by atoms with van der Waals surface area (Å²) < 4.78 is 0.807. The molecule has 0 saturated carbocycles. The first-order chi connectivity index (χ1) is 9.88. The Morgan fingerprint density at radius 1 is 1.19 bits per heavy atom. The van der Waals surface area contributed by atoms with Gasteiger partial charge in [0.1, 0.15) is 0 Å². The van der Waals surface area contributed by atoms with Gasteiger partial charge in [-0.1, -0.05) is 22.0 Å². The Kier molecular flexibility index (Phi) is 4.28. The number of anilines is 2. The number of nitrogens with two attached hydrogens (primary N) is 1. The number of carbonyl (C=O) groups excluding carboxylic acids is 1. The molecule has 21 heavy (non-hydrogen) atoms. The van der Waals surface area contributed by atoms with E-state index in [-0.39, 0.29) is 11.3 Å². The Bertz CT molecular complexity index is 729. The maximum absolute atomic E-state index is 12.2. The smallest absolute Gasteiger partial charge is 0.337 e. The van der Waals surface area contributed by atoms with Crippen LogP contribution in [0.4, 0.5) is 11.4 Å². The zero-order chi connectivity index (χ0) is 15.6. The molecule has 2 aromatic rings. The highest BCUT2D eigenvalue weighted by molar-refractivity contribution is 9.10. The average Bonchev–Trinajstić information content (AvgIpc) is 2.41. The van der Waals surface area contributed by atoms with Crippen LogP contribution in [0.5, 0.6) is 0 Å². The largest absolute Gasteiger partial charge is 0.478 e. The molecule has 0 unspecified atom stereocenters. The van der Waals surface area contributed by atoms with Gasteiger partial charge in [0.2, 0.25) is 0 Å². The summed E-state index contributed by atoms with van der Waals surface area (Å²) in [6.07, 6.45) is 0. The monoisotopic (exact) mass is 348 g/mol. The van der Waals surface area contributed by atoms with Crippen molar-refractivity contribution >= 4 is 39.2 Å². The maximum atomic E-state index is 12.2. The van der Waals surface area contributed by atoms with E-state index in [9.17, 15) is 9.59 Å². The summed E-state index contributed by atoms with van der Waals surface area (Å²) in [6.45, 7) is 1.91. The number of benzene rings is 2. The molecule has 5 nitrogen and oxygen atoms in total. The van der Waals surface area contributed by atoms with Crippen LogP contribution >= 0.6 is 15.9 Å². The highest BCUT2D eigenvalue weighted by Crippen LogP contribution is 2.22. The van der Waals surface area contributed by atoms with Crippen molar-refractivity contribution in [3.05, 3.63) is 57.6 Å². The van der Waals surface area contributed by atoms with Crippen molar-refractivity contribution in [2.75, 3.05) is 11.1 Å². The van der Waals surface area contributed by atoms with Crippen LogP contribution in [0.1, 0.15) is 26.3 Å². The van der Waals surface area contributed by atoms with E-state index in [1.165, 1.54) is 18.2 Å². The number of hydrogen-bond donors (Lipinski definition) is 3. The van der Waals surface area contributed by atoms with Crippen LogP contribution in [0.15, 0.2) is 40.9 Å². The summed E-state index contributed by atoms with van der Waals surface area (Å²) in [6, 6.07) is 9.40. The molecule has 1 amide bonds. The number of aryl methyl sites for hydroxylation is 1. The van der Waals surface area contributed by atoms with E-state index in [1.807, 2.05) is 6.92 Å². The first-order valence-electron chi connectivity index (χ1n) is 6.09. The molecule has 0 heterocycles. The van der Waals surface area contributed by atoms with Crippen molar-refractivity contribution in [3.63, 3.8) is 0 Å². The Morgan fingerprint density at radius 2 is 1.90 bits per heavy atom. The summed E-state index contributed by atoms with van der Waals surface area (Å²) in [5, 5.41) is 11.7. The van der Waals surface area contributed by atoms with Crippen LogP contribution in [0, 0.1) is 6.92 Å². The number of nitrogen functional groups attached to an aromatic ring is 1. The van der Waals surface area contributed by atoms with Crippen LogP contribution in [0.3, 0.4) is 0 Å². The second kappa shape index (κ2) is 5.97. The average molecular weight is 349 g/mol. The molecule has 2 rings (SSSR count). The van der Waals surface area contributed by atoms with Crippen molar-refractivity contribution in [3.8, 4) is 0 Å². The van der Waals surface area contributed by atoms with Gasteiger partial charge in [0.05, 0.1) is 11.3 Å². The minimum absolute atomic E-state index is 0.0104. The SMILES string of the molecule is Cc1ccc(C(=O)Nc2cc(N)ccc2C(=O)O)cc1Br. The lowest BCUT2D eigenvalue weighted by molar-refractivity contribution is 0.0698. The standard InChI is InChI=1S/C15H13BrN2O3/c1-8-2-3-9(6-12(8)16)14(19)18-13-7-10(17)4-5-11(13)15(20)21/h2-7H,17H2,1H3,(H,18,19)(H,20,21). The third-order valence-electron chi connectivity index (χ3n) is 2.96. The number of halogens is 1. The number of aromatic carboxylic acids is 1. The fourth-order valence-electron chi connectivity index (χ4n) is 1.78. The van der Waals surface area contributed by atoms with Crippen molar-refractivity contribution in [2.45, 2.75) is 6.92 Å². The van der Waals surface area contributed by atoms with E-state index in [0.717, 1.165) is 10.0 Å². The van der Waals surface area contributed by atoms with Gasteiger partial charge in [-0.2, -0.15) is 0 Å². The summed E-state index contributed by atoms with van der Waals surface area (Å²) in [7, 11) is 0. The topological polar surface area (TPSA) is 92.4 Å². The van der Waals surface area contributed by atoms with Gasteiger partial charge in [0.15, 0.2) is 0 Å². The Hall–Kier alpha value is -2.34. The van der Waals surface area contributed by atoms with Crippen molar-refractivity contribution in [1.82, 2.24) is 0 Å². The summed E-state index contributed by atoms with van der Waals surface area (Å²) >= 11 is 3.35. The van der Waals surface area contributed by atoms with Crippen LogP contribution in [0.25, 0.3) is 0 Å². The molecule has 0 aliphatic heterocycles. The molecule has 0 radical (unpaired) electrons. The van der Waals surface area contributed by atoms with Crippen LogP contribution in [0.2, 0.25) is 0 Å². The number of nitrogens with one attached hydrogen (secondary N) is 1. The van der Waals surface area contributed by atoms with Crippen molar-refractivity contribution in [1.29, 1.82) is 0 Å². The third kappa shape index (κ3) is 3.41. The molecule has 108 valence electrons. The van der Waals surface area contributed by atoms with Crippen LogP contribution in [-0.2, 0) is 0 Å². The minimum Gasteiger partial charge on any atom is -0.478 e. The molecule has 0 atom stereocenters. The number of rotatable bonds is 3. The lowest BCUT2D eigenvalue weighted by Gasteiger charge is -2.10. The predicted octanol–water partition coefficient (Wildman–Crippen LogP) is 3.29. The molecule has 4 N–H and O–H groups in total. The maximum Gasteiger partial charge on any atom is 0.337 e. The van der Waals surface area contributed by atoms with Crippen molar-refractivity contribution in [2.24, 2.45) is 0 Å². The summed E-state index contributed by atoms with van der Waals surface area (Å²) in [5.74, 6) is -1.53. The van der Waals surface area contributed by atoms with Gasteiger partial charge >= 0.3 is 5.97 Å². The molecular weight excluding hydrogens is 336 g/mol. The molecule has 0 fully saturated rings. The second-order valence-corrected chi connectivity index (χ2v) is 5.38.